The van der Waals surface area contributed by atoms with E-state index in [0.29, 0.717) is 6.04 Å². The molecule has 0 amide bonds. The highest BCUT2D eigenvalue weighted by Crippen LogP contribution is 2.21. The van der Waals surface area contributed by atoms with Gasteiger partial charge < -0.3 is 5.32 Å². The molecule has 0 spiro atoms. The van der Waals surface area contributed by atoms with Gasteiger partial charge in [0.15, 0.2) is 0 Å². The van der Waals surface area contributed by atoms with Gasteiger partial charge in [0.05, 0.1) is 5.69 Å². The molecule has 3 heteroatoms. The van der Waals surface area contributed by atoms with Crippen LogP contribution in [-0.4, -0.2) is 16.3 Å². The molecule has 0 radical (unpaired) electrons. The molecule has 104 valence electrons. The Labute approximate surface area is 112 Å². The van der Waals surface area contributed by atoms with Crippen molar-refractivity contribution in [2.45, 2.75) is 72.9 Å². The van der Waals surface area contributed by atoms with E-state index in [0.717, 1.165) is 13.1 Å². The lowest BCUT2D eigenvalue weighted by Gasteiger charge is -2.13. The highest BCUT2D eigenvalue weighted by atomic mass is 15.3. The molecule has 1 heterocycles. The summed E-state index contributed by atoms with van der Waals surface area (Å²) in [7, 11) is 0. The van der Waals surface area contributed by atoms with Crippen molar-refractivity contribution in [3.05, 3.63) is 17.0 Å². The summed E-state index contributed by atoms with van der Waals surface area (Å²) in [5.41, 5.74) is 3.89. The Kier molecular flexibility index (Phi) is 6.41. The first-order valence-corrected chi connectivity index (χ1v) is 7.39. The predicted octanol–water partition coefficient (Wildman–Crippen LogP) is 3.75. The van der Waals surface area contributed by atoms with E-state index in [-0.39, 0.29) is 0 Å². The molecule has 1 aromatic heterocycles. The van der Waals surface area contributed by atoms with Gasteiger partial charge in [0.1, 0.15) is 0 Å². The van der Waals surface area contributed by atoms with E-state index in [1.165, 1.54) is 42.6 Å². The number of hydrogen-bond donors (Lipinski definition) is 1. The fourth-order valence-corrected chi connectivity index (χ4v) is 2.65. The van der Waals surface area contributed by atoms with Crippen molar-refractivity contribution in [3.8, 4) is 0 Å². The first-order chi connectivity index (χ1) is 8.61. The van der Waals surface area contributed by atoms with E-state index in [1.54, 1.807) is 0 Å². The molecule has 0 aliphatic carbocycles. The molecular weight excluding hydrogens is 222 g/mol. The average Bonchev–Trinajstić information content (AvgIpc) is 2.60. The number of rotatable bonds is 8. The van der Waals surface area contributed by atoms with Gasteiger partial charge >= 0.3 is 0 Å². The van der Waals surface area contributed by atoms with Crippen molar-refractivity contribution < 1.29 is 0 Å². The minimum atomic E-state index is 0.402. The molecular formula is C15H29N3. The molecule has 0 aliphatic rings. The van der Waals surface area contributed by atoms with Gasteiger partial charge in [0, 0.05) is 23.8 Å². The van der Waals surface area contributed by atoms with E-state index in [4.69, 9.17) is 0 Å². The Hall–Kier alpha value is -0.830. The molecule has 1 atom stereocenters. The summed E-state index contributed by atoms with van der Waals surface area (Å²) in [6.07, 6.45) is 5.18. The van der Waals surface area contributed by atoms with E-state index >= 15 is 0 Å². The minimum absolute atomic E-state index is 0.402. The number of aromatic nitrogens is 2. The van der Waals surface area contributed by atoms with Crippen LogP contribution in [0.4, 0.5) is 0 Å². The molecule has 0 aliphatic heterocycles. The highest BCUT2D eigenvalue weighted by Gasteiger charge is 2.16. The molecule has 1 aromatic rings. The lowest BCUT2D eigenvalue weighted by atomic mass is 10.1. The van der Waals surface area contributed by atoms with E-state index in [9.17, 15) is 0 Å². The predicted molar refractivity (Wildman–Crippen MR) is 77.9 cm³/mol. The van der Waals surface area contributed by atoms with Crippen molar-refractivity contribution in [3.63, 3.8) is 0 Å². The van der Waals surface area contributed by atoms with Crippen molar-refractivity contribution >= 4 is 0 Å². The quantitative estimate of drug-likeness (QED) is 0.713. The van der Waals surface area contributed by atoms with Crippen LogP contribution in [0, 0.1) is 13.8 Å². The Morgan fingerprint density at radius 3 is 2.50 bits per heavy atom. The van der Waals surface area contributed by atoms with Gasteiger partial charge in [0.2, 0.25) is 0 Å². The van der Waals surface area contributed by atoms with Crippen molar-refractivity contribution in [2.24, 2.45) is 0 Å². The smallest absolute Gasteiger partial charge is 0.0644 e. The maximum absolute atomic E-state index is 4.69. The zero-order valence-corrected chi connectivity index (χ0v) is 12.7. The van der Waals surface area contributed by atoms with Gasteiger partial charge in [-0.05, 0) is 33.7 Å². The summed E-state index contributed by atoms with van der Waals surface area (Å²) >= 11 is 0. The molecule has 18 heavy (non-hydrogen) atoms. The second kappa shape index (κ2) is 7.57. The summed E-state index contributed by atoms with van der Waals surface area (Å²) in [5.74, 6) is 0. The zero-order valence-electron chi connectivity index (χ0n) is 12.7. The third-order valence-corrected chi connectivity index (χ3v) is 3.60. The van der Waals surface area contributed by atoms with Crippen LogP contribution in [0.1, 0.15) is 69.4 Å². The first-order valence-electron chi connectivity index (χ1n) is 7.39. The van der Waals surface area contributed by atoms with Crippen LogP contribution >= 0.6 is 0 Å². The molecule has 1 rings (SSSR count). The number of unbranched alkanes of at least 4 members (excludes halogenated alkanes) is 3. The number of nitrogens with one attached hydrogen (secondary N) is 1. The monoisotopic (exact) mass is 251 g/mol. The third-order valence-electron chi connectivity index (χ3n) is 3.60. The molecule has 1 unspecified atom stereocenters. The molecule has 0 aromatic carbocycles. The fourth-order valence-electron chi connectivity index (χ4n) is 2.65. The Bertz CT molecular complexity index is 355. The van der Waals surface area contributed by atoms with Crippen LogP contribution in [0.5, 0.6) is 0 Å². The van der Waals surface area contributed by atoms with Crippen LogP contribution in [-0.2, 0) is 6.54 Å². The van der Waals surface area contributed by atoms with Gasteiger partial charge in [0.25, 0.3) is 0 Å². The van der Waals surface area contributed by atoms with Gasteiger partial charge in [-0.1, -0.05) is 33.1 Å². The molecule has 1 N–H and O–H groups in total. The van der Waals surface area contributed by atoms with E-state index in [2.05, 4.69) is 49.7 Å². The first kappa shape index (κ1) is 15.2. The highest BCUT2D eigenvalue weighted by molar-refractivity contribution is 5.27. The summed E-state index contributed by atoms with van der Waals surface area (Å²) in [4.78, 5) is 0. The van der Waals surface area contributed by atoms with Gasteiger partial charge in [-0.25, -0.2) is 0 Å². The van der Waals surface area contributed by atoms with Crippen LogP contribution in [0.25, 0.3) is 0 Å². The number of aryl methyl sites for hydroxylation is 2. The molecule has 0 bridgehead atoms. The van der Waals surface area contributed by atoms with Crippen LogP contribution in [0.3, 0.4) is 0 Å². The normalized spacial score (nSPS) is 12.9. The topological polar surface area (TPSA) is 29.9 Å². The van der Waals surface area contributed by atoms with E-state index in [1.807, 2.05) is 0 Å². The molecule has 3 nitrogen and oxygen atoms in total. The molecule has 0 saturated carbocycles. The molecule has 0 saturated heterocycles. The van der Waals surface area contributed by atoms with Crippen LogP contribution in [0.2, 0.25) is 0 Å². The van der Waals surface area contributed by atoms with Crippen LogP contribution < -0.4 is 5.32 Å². The van der Waals surface area contributed by atoms with Gasteiger partial charge in [-0.2, -0.15) is 5.10 Å². The van der Waals surface area contributed by atoms with E-state index < -0.39 is 0 Å². The second-order valence-electron chi connectivity index (χ2n) is 5.15. The van der Waals surface area contributed by atoms with Crippen LogP contribution in [0.15, 0.2) is 0 Å². The third kappa shape index (κ3) is 3.84. The van der Waals surface area contributed by atoms with Gasteiger partial charge in [-0.15, -0.1) is 0 Å². The Balaban J connectivity index is 2.68. The molecule has 0 fully saturated rings. The maximum Gasteiger partial charge on any atom is 0.0644 e. The Morgan fingerprint density at radius 2 is 1.89 bits per heavy atom. The lowest BCUT2D eigenvalue weighted by molar-refractivity contribution is 0.526. The minimum Gasteiger partial charge on any atom is -0.310 e. The average molecular weight is 251 g/mol. The lowest BCUT2D eigenvalue weighted by Crippen LogP contribution is -2.19. The SMILES string of the molecule is CCCCCCn1nc(C)c(C(C)NCC)c1C. The summed E-state index contributed by atoms with van der Waals surface area (Å²) < 4.78 is 2.19. The summed E-state index contributed by atoms with van der Waals surface area (Å²) in [6, 6.07) is 0.402. The number of nitrogens with zero attached hydrogens (tertiary/aromatic N) is 2. The summed E-state index contributed by atoms with van der Waals surface area (Å²) in [6.45, 7) is 13.0. The number of hydrogen-bond acceptors (Lipinski definition) is 2. The maximum atomic E-state index is 4.69. The van der Waals surface area contributed by atoms with Crippen molar-refractivity contribution in [1.82, 2.24) is 15.1 Å². The largest absolute Gasteiger partial charge is 0.310 e. The summed E-state index contributed by atoms with van der Waals surface area (Å²) in [5, 5.41) is 8.17. The zero-order chi connectivity index (χ0) is 13.5. The van der Waals surface area contributed by atoms with Crippen molar-refractivity contribution in [2.75, 3.05) is 6.54 Å². The van der Waals surface area contributed by atoms with Gasteiger partial charge in [-0.3, -0.25) is 4.68 Å². The Morgan fingerprint density at radius 1 is 1.17 bits per heavy atom. The fraction of sp³-hybridized carbons (Fsp3) is 0.800. The standard InChI is InChI=1S/C15H29N3/c1-6-8-9-10-11-18-14(5)15(13(4)17-18)12(3)16-7-2/h12,16H,6-11H2,1-5H3. The second-order valence-corrected chi connectivity index (χ2v) is 5.15. The van der Waals surface area contributed by atoms with Crippen molar-refractivity contribution in [1.29, 1.82) is 0 Å².